The molecule has 0 aromatic heterocycles. The van der Waals surface area contributed by atoms with Crippen molar-refractivity contribution in [3.63, 3.8) is 0 Å². The number of anilines is 1. The van der Waals surface area contributed by atoms with Crippen molar-refractivity contribution in [3.8, 4) is 0 Å². The third kappa shape index (κ3) is 1.51. The van der Waals surface area contributed by atoms with Crippen molar-refractivity contribution in [1.29, 1.82) is 0 Å². The zero-order valence-electron chi connectivity index (χ0n) is 10.6. The van der Waals surface area contributed by atoms with Crippen LogP contribution < -0.4 is 5.73 Å². The van der Waals surface area contributed by atoms with Crippen LogP contribution in [0.15, 0.2) is 29.3 Å². The van der Waals surface area contributed by atoms with Crippen molar-refractivity contribution in [2.24, 2.45) is 5.92 Å². The van der Waals surface area contributed by atoms with Crippen LogP contribution in [0.25, 0.3) is 0 Å². The van der Waals surface area contributed by atoms with E-state index in [0.717, 1.165) is 36.0 Å². The summed E-state index contributed by atoms with van der Waals surface area (Å²) in [6.45, 7) is 2.12. The number of nitrogen functional groups attached to an aromatic ring is 1. The molecule has 3 heteroatoms. The summed E-state index contributed by atoms with van der Waals surface area (Å²) in [6, 6.07) is 5.48. The Morgan fingerprint density at radius 1 is 1.22 bits per heavy atom. The second-order valence-corrected chi connectivity index (χ2v) is 5.43. The van der Waals surface area contributed by atoms with Gasteiger partial charge in [0.05, 0.1) is 0 Å². The van der Waals surface area contributed by atoms with Gasteiger partial charge >= 0.3 is 0 Å². The second-order valence-electron chi connectivity index (χ2n) is 5.43. The van der Waals surface area contributed by atoms with Gasteiger partial charge in [0.1, 0.15) is 12.2 Å². The average Bonchev–Trinajstić information content (AvgIpc) is 2.35. The van der Waals surface area contributed by atoms with Crippen LogP contribution in [-0.2, 0) is 0 Å². The first-order chi connectivity index (χ1) is 8.61. The van der Waals surface area contributed by atoms with Crippen molar-refractivity contribution in [2.75, 3.05) is 5.73 Å². The van der Waals surface area contributed by atoms with Gasteiger partial charge in [0.2, 0.25) is 0 Å². The van der Waals surface area contributed by atoms with Gasteiger partial charge in [-0.1, -0.05) is 19.1 Å². The summed E-state index contributed by atoms with van der Waals surface area (Å²) < 4.78 is 0. The summed E-state index contributed by atoms with van der Waals surface area (Å²) >= 11 is 0. The zero-order chi connectivity index (χ0) is 12.9. The lowest BCUT2D eigenvalue weighted by atomic mass is 9.71. The van der Waals surface area contributed by atoms with Gasteiger partial charge in [0, 0.05) is 11.3 Å². The molecule has 96 valence electrons. The highest BCUT2D eigenvalue weighted by molar-refractivity contribution is 5.59. The molecule has 2 aliphatic rings. The lowest BCUT2D eigenvalue weighted by molar-refractivity contribution is 0.149. The molecule has 0 spiro atoms. The number of hydrogen-bond acceptors (Lipinski definition) is 3. The predicted molar refractivity (Wildman–Crippen MR) is 70.8 cm³/mol. The van der Waals surface area contributed by atoms with E-state index in [9.17, 15) is 10.2 Å². The normalized spacial score (nSPS) is 30.9. The largest absolute Gasteiger partial charge is 0.398 e. The Morgan fingerprint density at radius 3 is 2.78 bits per heavy atom. The number of nitrogens with two attached hydrogens (primary N) is 1. The van der Waals surface area contributed by atoms with Crippen LogP contribution in [0.3, 0.4) is 0 Å². The maximum absolute atomic E-state index is 10.6. The standard InChI is InChI=1S/C15H19NO2/c1-8-4-2-5-9-12(8)15(18)13-10(14(9)17)6-3-7-11(13)16/h3,6-8,14-15,17-18H,2,4-5,16H2,1H3/t8-,14-,15+/m1/s1. The highest BCUT2D eigenvalue weighted by Gasteiger charge is 2.37. The molecule has 0 saturated carbocycles. The molecule has 3 nitrogen and oxygen atoms in total. The molecule has 4 N–H and O–H groups in total. The van der Waals surface area contributed by atoms with Gasteiger partial charge in [-0.25, -0.2) is 0 Å². The highest BCUT2D eigenvalue weighted by Crippen LogP contribution is 2.49. The van der Waals surface area contributed by atoms with Crippen molar-refractivity contribution in [3.05, 3.63) is 40.5 Å². The minimum absolute atomic E-state index is 0.325. The summed E-state index contributed by atoms with van der Waals surface area (Å²) in [6.07, 6.45) is 1.80. The number of hydrogen-bond donors (Lipinski definition) is 3. The average molecular weight is 245 g/mol. The molecule has 1 aromatic rings. The SMILES string of the molecule is C[C@@H]1CCCC2=C1[C@H](O)c1c(N)cccc1[C@@H]2O. The molecule has 0 fully saturated rings. The molecule has 0 unspecified atom stereocenters. The third-order valence-corrected chi connectivity index (χ3v) is 4.35. The van der Waals surface area contributed by atoms with E-state index in [1.54, 1.807) is 6.07 Å². The van der Waals surface area contributed by atoms with E-state index < -0.39 is 12.2 Å². The fraction of sp³-hybridized carbons (Fsp3) is 0.467. The van der Waals surface area contributed by atoms with Crippen LogP contribution in [0.1, 0.15) is 49.5 Å². The first-order valence-electron chi connectivity index (χ1n) is 6.58. The monoisotopic (exact) mass is 245 g/mol. The fourth-order valence-electron chi connectivity index (χ4n) is 3.45. The summed E-state index contributed by atoms with van der Waals surface area (Å²) in [4.78, 5) is 0. The van der Waals surface area contributed by atoms with Crippen molar-refractivity contribution in [1.82, 2.24) is 0 Å². The third-order valence-electron chi connectivity index (χ3n) is 4.35. The van der Waals surface area contributed by atoms with E-state index in [4.69, 9.17) is 5.73 Å². The Hall–Kier alpha value is -1.32. The van der Waals surface area contributed by atoms with Crippen molar-refractivity contribution < 1.29 is 10.2 Å². The molecule has 0 radical (unpaired) electrons. The smallest absolute Gasteiger partial charge is 0.103 e. The number of rotatable bonds is 0. The van der Waals surface area contributed by atoms with E-state index in [2.05, 4.69) is 6.92 Å². The predicted octanol–water partition coefficient (Wildman–Crippen LogP) is 2.47. The Kier molecular flexibility index (Phi) is 2.68. The van der Waals surface area contributed by atoms with E-state index in [0.29, 0.717) is 17.2 Å². The van der Waals surface area contributed by atoms with Gasteiger partial charge in [-0.15, -0.1) is 0 Å². The minimum Gasteiger partial charge on any atom is -0.398 e. The van der Waals surface area contributed by atoms with Gasteiger partial charge in [-0.3, -0.25) is 0 Å². The summed E-state index contributed by atoms with van der Waals surface area (Å²) in [5.41, 5.74) is 10.0. The molecule has 0 bridgehead atoms. The summed E-state index contributed by atoms with van der Waals surface area (Å²) in [5, 5.41) is 21.1. The highest BCUT2D eigenvalue weighted by atomic mass is 16.3. The summed E-state index contributed by atoms with van der Waals surface area (Å²) in [5.74, 6) is 0.325. The van der Waals surface area contributed by atoms with E-state index >= 15 is 0 Å². The number of aliphatic hydroxyl groups is 2. The first-order valence-corrected chi connectivity index (χ1v) is 6.58. The minimum atomic E-state index is -0.644. The van der Waals surface area contributed by atoms with Crippen molar-refractivity contribution >= 4 is 5.69 Å². The number of fused-ring (bicyclic) bond motifs is 1. The summed E-state index contributed by atoms with van der Waals surface area (Å²) in [7, 11) is 0. The van der Waals surface area contributed by atoms with Crippen LogP contribution >= 0.6 is 0 Å². The van der Waals surface area contributed by atoms with Crippen LogP contribution in [0.4, 0.5) is 5.69 Å². The molecule has 1 aromatic carbocycles. The lowest BCUT2D eigenvalue weighted by Gasteiger charge is -2.38. The molecular weight excluding hydrogens is 226 g/mol. The topological polar surface area (TPSA) is 66.5 Å². The Morgan fingerprint density at radius 2 is 2.00 bits per heavy atom. The van der Waals surface area contributed by atoms with Crippen LogP contribution in [0.2, 0.25) is 0 Å². The zero-order valence-corrected chi connectivity index (χ0v) is 10.6. The van der Waals surface area contributed by atoms with E-state index in [1.165, 1.54) is 0 Å². The first kappa shape index (κ1) is 11.8. The van der Waals surface area contributed by atoms with Gasteiger partial charge in [0.15, 0.2) is 0 Å². The van der Waals surface area contributed by atoms with Gasteiger partial charge in [-0.2, -0.15) is 0 Å². The molecule has 0 saturated heterocycles. The maximum Gasteiger partial charge on any atom is 0.103 e. The Labute approximate surface area is 107 Å². The molecule has 0 aliphatic heterocycles. The van der Waals surface area contributed by atoms with Gasteiger partial charge in [-0.05, 0) is 48.0 Å². The number of benzene rings is 1. The van der Waals surface area contributed by atoms with Crippen LogP contribution in [0.5, 0.6) is 0 Å². The molecule has 0 amide bonds. The molecule has 18 heavy (non-hydrogen) atoms. The van der Waals surface area contributed by atoms with Crippen LogP contribution in [-0.4, -0.2) is 10.2 Å². The quantitative estimate of drug-likeness (QED) is 0.486. The maximum atomic E-state index is 10.6. The molecule has 2 aliphatic carbocycles. The Balaban J connectivity index is 2.20. The molecular formula is C15H19NO2. The lowest BCUT2D eigenvalue weighted by Crippen LogP contribution is -2.26. The van der Waals surface area contributed by atoms with E-state index in [-0.39, 0.29) is 0 Å². The fourth-order valence-corrected chi connectivity index (χ4v) is 3.45. The van der Waals surface area contributed by atoms with E-state index in [1.807, 2.05) is 12.1 Å². The second kappa shape index (κ2) is 4.11. The number of aliphatic hydroxyl groups excluding tert-OH is 2. The van der Waals surface area contributed by atoms with Gasteiger partial charge in [0.25, 0.3) is 0 Å². The van der Waals surface area contributed by atoms with Gasteiger partial charge < -0.3 is 15.9 Å². The molecule has 3 atom stereocenters. The van der Waals surface area contributed by atoms with Crippen molar-refractivity contribution in [2.45, 2.75) is 38.4 Å². The molecule has 0 heterocycles. The Bertz CT molecular complexity index is 521. The van der Waals surface area contributed by atoms with Crippen LogP contribution in [0, 0.1) is 5.92 Å². The molecule has 3 rings (SSSR count).